The molecule has 1 aliphatic heterocycles. The third-order valence-electron chi connectivity index (χ3n) is 6.89. The van der Waals surface area contributed by atoms with E-state index in [0.717, 1.165) is 11.3 Å². The van der Waals surface area contributed by atoms with E-state index >= 15 is 0 Å². The van der Waals surface area contributed by atoms with E-state index in [0.29, 0.717) is 16.3 Å². The fourth-order valence-corrected chi connectivity index (χ4v) is 8.01. The first-order chi connectivity index (χ1) is 19.3. The third kappa shape index (κ3) is 7.22. The summed E-state index contributed by atoms with van der Waals surface area (Å²) in [5, 5.41) is 11.9. The van der Waals surface area contributed by atoms with E-state index in [-0.39, 0.29) is 52.7 Å². The van der Waals surface area contributed by atoms with E-state index in [1.54, 1.807) is 29.3 Å². The van der Waals surface area contributed by atoms with Crippen molar-refractivity contribution in [1.82, 2.24) is 9.21 Å². The summed E-state index contributed by atoms with van der Waals surface area (Å²) in [5.74, 6) is -0.255. The van der Waals surface area contributed by atoms with Gasteiger partial charge in [-0.25, -0.2) is 16.8 Å². The van der Waals surface area contributed by atoms with Crippen LogP contribution in [0.4, 0.5) is 5.69 Å². The van der Waals surface area contributed by atoms with Crippen molar-refractivity contribution in [3.05, 3.63) is 70.6 Å². The number of ether oxygens (including phenoxy) is 1. The van der Waals surface area contributed by atoms with Gasteiger partial charge >= 0.3 is 0 Å². The van der Waals surface area contributed by atoms with Crippen molar-refractivity contribution >= 4 is 54.6 Å². The Balaban J connectivity index is 1.68. The molecule has 3 aromatic rings. The molecule has 222 valence electrons. The van der Waals surface area contributed by atoms with E-state index in [2.05, 4.69) is 4.72 Å². The molecule has 0 bridgehead atoms. The van der Waals surface area contributed by atoms with E-state index in [1.165, 1.54) is 53.8 Å². The lowest BCUT2D eigenvalue weighted by Crippen LogP contribution is -2.48. The number of benzene rings is 2. The van der Waals surface area contributed by atoms with E-state index < -0.39 is 32.2 Å². The van der Waals surface area contributed by atoms with E-state index in [1.807, 2.05) is 6.92 Å². The van der Waals surface area contributed by atoms with Crippen LogP contribution < -0.4 is 9.46 Å². The molecule has 2 heterocycles. The highest BCUT2D eigenvalue weighted by molar-refractivity contribution is 7.92. The average Bonchev–Trinajstić information content (AvgIpc) is 3.48. The monoisotopic (exact) mass is 641 g/mol. The number of carbonyl (C=O) groups excluding carboxylic acids is 1. The number of halogens is 1. The number of sulfonamides is 2. The zero-order valence-corrected chi connectivity index (χ0v) is 25.9. The zero-order chi connectivity index (χ0) is 29.9. The number of nitrogens with zero attached hydrogens (tertiary/aromatic N) is 2. The maximum Gasteiger partial charge on any atom is 0.261 e. The van der Waals surface area contributed by atoms with Gasteiger partial charge in [-0.05, 0) is 60.8 Å². The fourth-order valence-electron chi connectivity index (χ4n) is 4.45. The number of amides is 1. The molecule has 1 amide bonds. The van der Waals surface area contributed by atoms with Gasteiger partial charge in [-0.2, -0.15) is 4.31 Å². The summed E-state index contributed by atoms with van der Waals surface area (Å²) in [6.45, 7) is 3.55. The van der Waals surface area contributed by atoms with Crippen LogP contribution >= 0.6 is 22.9 Å². The summed E-state index contributed by atoms with van der Waals surface area (Å²) in [5.41, 5.74) is 0.641. The van der Waals surface area contributed by atoms with Crippen molar-refractivity contribution in [2.75, 3.05) is 31.5 Å². The Kier molecular flexibility index (Phi) is 9.66. The van der Waals surface area contributed by atoms with Crippen LogP contribution in [0.1, 0.15) is 19.4 Å². The molecule has 41 heavy (non-hydrogen) atoms. The normalized spacial score (nSPS) is 19.1. The highest BCUT2D eigenvalue weighted by atomic mass is 35.5. The second-order valence-corrected chi connectivity index (χ2v) is 15.3. The topological polar surface area (TPSA) is 133 Å². The molecule has 2 N–H and O–H groups in total. The minimum Gasteiger partial charge on any atom is -0.488 e. The molecule has 1 aliphatic rings. The molecule has 1 aromatic heterocycles. The number of nitrogens with one attached hydrogen (secondary N) is 1. The lowest BCUT2D eigenvalue weighted by atomic mass is 10.0. The first kappa shape index (κ1) is 31.3. The first-order valence-electron chi connectivity index (χ1n) is 12.8. The third-order valence-corrected chi connectivity index (χ3v) is 11.7. The number of aliphatic hydroxyl groups excluding tert-OH is 1. The van der Waals surface area contributed by atoms with Crippen LogP contribution in [-0.2, 0) is 31.3 Å². The van der Waals surface area contributed by atoms with Gasteiger partial charge in [-0.1, -0.05) is 24.6 Å². The van der Waals surface area contributed by atoms with Crippen LogP contribution in [0.3, 0.4) is 0 Å². The second-order valence-electron chi connectivity index (χ2n) is 9.99. The SMILES string of the molecule is C[C@H](CO)N1C[C@H](C)[C@H](CN(C)S(=O)(=O)c2cccs2)Oc2ccc(NS(=O)(=O)c3ccc(Cl)cc3)cc2CC1=O. The lowest BCUT2D eigenvalue weighted by molar-refractivity contribution is -0.134. The molecule has 0 aliphatic carbocycles. The van der Waals surface area contributed by atoms with Gasteiger partial charge in [0.25, 0.3) is 20.0 Å². The summed E-state index contributed by atoms with van der Waals surface area (Å²) < 4.78 is 62.5. The fraction of sp³-hybridized carbons (Fsp3) is 0.370. The van der Waals surface area contributed by atoms with E-state index in [4.69, 9.17) is 16.3 Å². The minimum atomic E-state index is -3.95. The summed E-state index contributed by atoms with van der Waals surface area (Å²) in [7, 11) is -6.23. The van der Waals surface area contributed by atoms with Crippen LogP contribution in [0, 0.1) is 5.92 Å². The minimum absolute atomic E-state index is 0.00131. The highest BCUT2D eigenvalue weighted by Gasteiger charge is 2.34. The van der Waals surface area contributed by atoms with Crippen LogP contribution in [0.2, 0.25) is 5.02 Å². The summed E-state index contributed by atoms with van der Waals surface area (Å²) >= 11 is 7.01. The number of anilines is 1. The number of hydrogen-bond acceptors (Lipinski definition) is 8. The molecule has 0 radical (unpaired) electrons. The van der Waals surface area contributed by atoms with Crippen molar-refractivity contribution in [3.8, 4) is 5.75 Å². The standard InChI is InChI=1S/C27H32ClN3O7S3/c1-18-15-31(19(2)17-32)26(33)14-20-13-22(29-40(34,35)23-9-6-21(28)7-10-23)8-11-24(20)38-25(18)16-30(3)41(36,37)27-5-4-12-39-27/h4-13,18-19,25,29,32H,14-17H2,1-3H3/t18-,19+,25-/m0/s1. The summed E-state index contributed by atoms with van der Waals surface area (Å²) in [6.07, 6.45) is -0.775. The predicted molar refractivity (Wildman–Crippen MR) is 158 cm³/mol. The smallest absolute Gasteiger partial charge is 0.261 e. The van der Waals surface area contributed by atoms with Gasteiger partial charge in [0, 0.05) is 35.8 Å². The van der Waals surface area contributed by atoms with Crippen LogP contribution in [0.5, 0.6) is 5.75 Å². The van der Waals surface area contributed by atoms with Gasteiger partial charge in [0.05, 0.1) is 30.5 Å². The highest BCUT2D eigenvalue weighted by Crippen LogP contribution is 2.31. The Bertz CT molecular complexity index is 1580. The number of rotatable bonds is 9. The van der Waals surface area contributed by atoms with Crippen molar-refractivity contribution in [1.29, 1.82) is 0 Å². The van der Waals surface area contributed by atoms with Gasteiger partial charge in [-0.15, -0.1) is 11.3 Å². The Hall–Kier alpha value is -2.68. The molecular weight excluding hydrogens is 610 g/mol. The van der Waals surface area contributed by atoms with E-state index in [9.17, 15) is 26.7 Å². The zero-order valence-electron chi connectivity index (χ0n) is 22.7. The van der Waals surface area contributed by atoms with Crippen LogP contribution in [0.15, 0.2) is 69.1 Å². The molecule has 4 rings (SSSR count). The van der Waals surface area contributed by atoms with Gasteiger partial charge < -0.3 is 14.7 Å². The number of carbonyl (C=O) groups is 1. The molecule has 0 fully saturated rings. The summed E-state index contributed by atoms with van der Waals surface area (Å²) in [4.78, 5) is 15.0. The Morgan fingerprint density at radius 2 is 1.88 bits per heavy atom. The van der Waals surface area contributed by atoms with Crippen LogP contribution in [0.25, 0.3) is 0 Å². The maximum absolute atomic E-state index is 13.4. The maximum atomic E-state index is 13.4. The largest absolute Gasteiger partial charge is 0.488 e. The second kappa shape index (κ2) is 12.7. The Morgan fingerprint density at radius 3 is 2.51 bits per heavy atom. The van der Waals surface area contributed by atoms with Gasteiger partial charge in [0.15, 0.2) is 0 Å². The molecule has 0 unspecified atom stereocenters. The predicted octanol–water partition coefficient (Wildman–Crippen LogP) is 3.67. The van der Waals surface area contributed by atoms with Crippen molar-refractivity contribution in [3.63, 3.8) is 0 Å². The van der Waals surface area contributed by atoms with Gasteiger partial charge in [0.2, 0.25) is 5.91 Å². The molecule has 2 aromatic carbocycles. The molecule has 0 spiro atoms. The Morgan fingerprint density at radius 1 is 1.17 bits per heavy atom. The van der Waals surface area contributed by atoms with Gasteiger partial charge in [-0.3, -0.25) is 9.52 Å². The van der Waals surface area contributed by atoms with Crippen LogP contribution in [-0.4, -0.2) is 75.9 Å². The number of fused-ring (bicyclic) bond motifs is 1. The quantitative estimate of drug-likeness (QED) is 0.364. The molecule has 14 heteroatoms. The average molecular weight is 642 g/mol. The van der Waals surface area contributed by atoms with Crippen molar-refractivity contribution in [2.45, 2.75) is 41.5 Å². The number of hydrogen-bond donors (Lipinski definition) is 2. The van der Waals surface area contributed by atoms with Crippen molar-refractivity contribution in [2.24, 2.45) is 5.92 Å². The molecule has 10 nitrogen and oxygen atoms in total. The summed E-state index contributed by atoms with van der Waals surface area (Å²) in [6, 6.07) is 13.0. The Labute approximate surface area is 249 Å². The molecular formula is C27H32ClN3O7S3. The van der Waals surface area contributed by atoms with Crippen molar-refractivity contribution < 1.29 is 31.5 Å². The lowest BCUT2D eigenvalue weighted by Gasteiger charge is -2.33. The molecule has 0 saturated carbocycles. The number of likely N-dealkylation sites (N-methyl/N-ethyl adjacent to an activating group) is 1. The molecule has 0 saturated heterocycles. The first-order valence-corrected chi connectivity index (χ1v) is 17.0. The van der Waals surface area contributed by atoms with Gasteiger partial charge in [0.1, 0.15) is 16.1 Å². The number of aliphatic hydroxyl groups is 1. The molecule has 3 atom stereocenters. The number of thiophene rings is 1.